The summed E-state index contributed by atoms with van der Waals surface area (Å²) in [6.07, 6.45) is 2.10. The highest BCUT2D eigenvalue weighted by molar-refractivity contribution is 7.09. The molecular formula is C65H102N8O15S. The Kier molecular flexibility index (Phi) is 30.2. The molecule has 0 saturated heterocycles. The zero-order chi connectivity index (χ0) is 67.3. The molecule has 498 valence electrons. The van der Waals surface area contributed by atoms with Crippen LogP contribution in [0, 0.1) is 28.6 Å². The third kappa shape index (κ3) is 24.6. The molecule has 0 fully saturated rings. The summed E-state index contributed by atoms with van der Waals surface area (Å²) in [5.74, 6) is -6.65. The van der Waals surface area contributed by atoms with Crippen LogP contribution in [0.25, 0.3) is 0 Å². The number of nitrogens with zero attached hydrogens (tertiary/aromatic N) is 4. The van der Waals surface area contributed by atoms with Gasteiger partial charge in [0.2, 0.25) is 23.6 Å². The largest absolute Gasteiger partial charge is 0.481 e. The summed E-state index contributed by atoms with van der Waals surface area (Å²) in [5.41, 5.74) is -1.56. The molecule has 0 saturated carbocycles. The van der Waals surface area contributed by atoms with Gasteiger partial charge in [0.15, 0.2) is 11.9 Å². The lowest BCUT2D eigenvalue weighted by molar-refractivity contribution is -0.149. The summed E-state index contributed by atoms with van der Waals surface area (Å²) in [7, 11) is 1.67. The number of nitrogens with one attached hydrogen (secondary N) is 4. The number of rotatable bonds is 39. The van der Waals surface area contributed by atoms with Gasteiger partial charge in [0.05, 0.1) is 43.4 Å². The normalized spacial score (nSPS) is 15.0. The van der Waals surface area contributed by atoms with E-state index < -0.39 is 88.1 Å². The lowest BCUT2D eigenvalue weighted by atomic mass is 9.90. The van der Waals surface area contributed by atoms with Crippen LogP contribution in [0.3, 0.4) is 0 Å². The Labute approximate surface area is 530 Å². The Morgan fingerprint density at radius 3 is 2.01 bits per heavy atom. The minimum absolute atomic E-state index is 0.00683. The van der Waals surface area contributed by atoms with E-state index in [4.69, 9.17) is 18.9 Å². The van der Waals surface area contributed by atoms with Gasteiger partial charge < -0.3 is 50.2 Å². The number of carbonyl (C=O) groups excluding carboxylic acids is 9. The fourth-order valence-electron chi connectivity index (χ4n) is 10.8. The maximum absolute atomic E-state index is 14.7. The molecule has 2 aromatic rings. The van der Waals surface area contributed by atoms with Crippen LogP contribution in [0.15, 0.2) is 35.7 Å². The van der Waals surface area contributed by atoms with E-state index >= 15 is 0 Å². The lowest BCUT2D eigenvalue weighted by Crippen LogP contribution is -2.63. The number of aromatic nitrogens is 1. The van der Waals surface area contributed by atoms with Gasteiger partial charge in [0, 0.05) is 100 Å². The van der Waals surface area contributed by atoms with Crippen LogP contribution in [-0.4, -0.2) is 166 Å². The Balaban J connectivity index is 1.92. The summed E-state index contributed by atoms with van der Waals surface area (Å²) in [5, 5.41) is 23.6. The minimum Gasteiger partial charge on any atom is -0.481 e. The summed E-state index contributed by atoms with van der Waals surface area (Å²) < 4.78 is 23.1. The number of benzene rings is 1. The van der Waals surface area contributed by atoms with E-state index in [0.717, 1.165) is 28.4 Å². The van der Waals surface area contributed by atoms with Gasteiger partial charge in [-0.05, 0) is 103 Å². The topological polar surface area (TPSA) is 299 Å². The minimum atomic E-state index is -1.11. The lowest BCUT2D eigenvalue weighted by Gasteiger charge is -2.44. The molecular weight excluding hydrogens is 1160 g/mol. The van der Waals surface area contributed by atoms with Crippen LogP contribution in [-0.2, 0) is 63.8 Å². The van der Waals surface area contributed by atoms with Gasteiger partial charge in [-0.15, -0.1) is 11.3 Å². The molecule has 1 aromatic carbocycles. The van der Waals surface area contributed by atoms with Gasteiger partial charge in [-0.2, -0.15) is 0 Å². The number of carbonyl (C=O) groups is 10. The smallest absolute Gasteiger partial charge is 0.311 e. The van der Waals surface area contributed by atoms with Crippen LogP contribution in [0.5, 0.6) is 5.75 Å². The number of hydrogen-bond acceptors (Lipinski definition) is 17. The molecule has 1 aromatic heterocycles. The average molecular weight is 1270 g/mol. The third-order valence-electron chi connectivity index (χ3n) is 15.6. The fourth-order valence-corrected chi connectivity index (χ4v) is 11.7. The summed E-state index contributed by atoms with van der Waals surface area (Å²) >= 11 is 1.07. The first-order valence-electron chi connectivity index (χ1n) is 31.0. The van der Waals surface area contributed by atoms with Crippen LogP contribution in [0.4, 0.5) is 5.69 Å². The molecule has 0 spiro atoms. The number of hydrogen-bond donors (Lipinski definition) is 5. The van der Waals surface area contributed by atoms with Crippen molar-refractivity contribution in [2.75, 3.05) is 51.9 Å². The molecule has 23 nitrogen and oxygen atoms in total. The quantitative estimate of drug-likeness (QED) is 0.0183. The number of ether oxygens (including phenoxy) is 4. The van der Waals surface area contributed by atoms with Gasteiger partial charge in [-0.1, -0.05) is 74.8 Å². The number of aliphatic carboxylic acids is 1. The van der Waals surface area contributed by atoms with E-state index in [0.29, 0.717) is 31.7 Å². The SMILES string of the molecule is CCOCCC(=O)NCC(C)(C)COCC(C)(C)CC(=O)Oc1ccc(C[C@@H](C[C@@H](C)C(=O)O)NC(=O)c2csc([C@@H](C[C@H](C(C)C)N(C)C(=O)[C@@H](NC(=O)C(C)(C)N(C(C)C)C(C)C)[C@@H](C)CC)OC(C)=O)n2)cc1NC(=O)CCCN1C(=O)C=CC1=O. The molecule has 0 unspecified atom stereocenters. The number of esters is 2. The van der Waals surface area contributed by atoms with Crippen LogP contribution >= 0.6 is 11.3 Å². The summed E-state index contributed by atoms with van der Waals surface area (Å²) in [6, 6.07) is 2.48. The van der Waals surface area contributed by atoms with Gasteiger partial charge in [-0.25, -0.2) is 4.98 Å². The number of amides is 7. The van der Waals surface area contributed by atoms with Crippen molar-refractivity contribution < 1.29 is 72.0 Å². The Bertz CT molecular complexity index is 2770. The average Bonchev–Trinajstić information content (AvgIpc) is 1.57. The zero-order valence-corrected chi connectivity index (χ0v) is 56.7. The monoisotopic (exact) mass is 1270 g/mol. The Hall–Kier alpha value is -6.63. The molecule has 1 aliphatic rings. The molecule has 3 rings (SSSR count). The second kappa shape index (κ2) is 35.1. The second-order valence-electron chi connectivity index (χ2n) is 26.3. The molecule has 6 atom stereocenters. The van der Waals surface area contributed by atoms with E-state index in [1.165, 1.54) is 25.3 Å². The van der Waals surface area contributed by atoms with Gasteiger partial charge in [0.1, 0.15) is 16.7 Å². The zero-order valence-electron chi connectivity index (χ0n) is 55.9. The van der Waals surface area contributed by atoms with Crippen LogP contribution in [0.1, 0.15) is 190 Å². The van der Waals surface area contributed by atoms with Crippen molar-refractivity contribution in [1.82, 2.24) is 35.6 Å². The van der Waals surface area contributed by atoms with Crippen molar-refractivity contribution in [2.45, 2.75) is 211 Å². The number of anilines is 1. The first-order chi connectivity index (χ1) is 41.4. The van der Waals surface area contributed by atoms with Crippen molar-refractivity contribution in [2.24, 2.45) is 28.6 Å². The molecule has 0 aliphatic carbocycles. The molecule has 0 radical (unpaired) electrons. The maximum Gasteiger partial charge on any atom is 0.311 e. The van der Waals surface area contributed by atoms with Crippen molar-refractivity contribution in [1.29, 1.82) is 0 Å². The van der Waals surface area contributed by atoms with Gasteiger partial charge >= 0.3 is 17.9 Å². The molecule has 2 heterocycles. The number of carboxylic acid groups (broad SMARTS) is 1. The van der Waals surface area contributed by atoms with Crippen LogP contribution in [0.2, 0.25) is 0 Å². The first kappa shape index (κ1) is 76.6. The Morgan fingerprint density at radius 2 is 1.44 bits per heavy atom. The highest BCUT2D eigenvalue weighted by Gasteiger charge is 2.42. The van der Waals surface area contributed by atoms with E-state index in [9.17, 15) is 53.1 Å². The van der Waals surface area contributed by atoms with Crippen LogP contribution < -0.4 is 26.0 Å². The van der Waals surface area contributed by atoms with Crippen molar-refractivity contribution >= 4 is 76.3 Å². The predicted octanol–water partition coefficient (Wildman–Crippen LogP) is 8.05. The Morgan fingerprint density at radius 1 is 0.809 bits per heavy atom. The van der Waals surface area contributed by atoms with E-state index in [1.807, 2.05) is 104 Å². The molecule has 89 heavy (non-hydrogen) atoms. The second-order valence-corrected chi connectivity index (χ2v) is 27.2. The van der Waals surface area contributed by atoms with Crippen molar-refractivity contribution in [3.63, 3.8) is 0 Å². The molecule has 24 heteroatoms. The predicted molar refractivity (Wildman–Crippen MR) is 340 cm³/mol. The molecule has 0 bridgehead atoms. The maximum atomic E-state index is 14.7. The highest BCUT2D eigenvalue weighted by Crippen LogP contribution is 2.34. The third-order valence-corrected chi connectivity index (χ3v) is 16.6. The molecule has 1 aliphatic heterocycles. The first-order valence-corrected chi connectivity index (χ1v) is 31.9. The van der Waals surface area contributed by atoms with Gasteiger partial charge in [-0.3, -0.25) is 57.7 Å². The number of thiazole rings is 1. The summed E-state index contributed by atoms with van der Waals surface area (Å²) in [4.78, 5) is 141. The highest BCUT2D eigenvalue weighted by atomic mass is 32.1. The molecule has 7 amide bonds. The van der Waals surface area contributed by atoms with E-state index in [2.05, 4.69) is 31.2 Å². The number of likely N-dealkylation sites (N-methyl/N-ethyl adjacent to an activating group) is 1. The van der Waals surface area contributed by atoms with Gasteiger partial charge in [0.25, 0.3) is 17.7 Å². The summed E-state index contributed by atoms with van der Waals surface area (Å²) in [6.45, 7) is 33.3. The van der Waals surface area contributed by atoms with E-state index in [1.54, 1.807) is 24.1 Å². The van der Waals surface area contributed by atoms with Crippen molar-refractivity contribution in [3.05, 3.63) is 52.0 Å². The number of imide groups is 1. The molecule has 5 N–H and O–H groups in total. The fraction of sp³-hybridized carbons (Fsp3) is 0.677. The van der Waals surface area contributed by atoms with Crippen molar-refractivity contribution in [3.8, 4) is 5.75 Å². The standard InChI is InChI=1S/C65H102N8O15S/c1-19-42(9)57(70-62(84)65(16,17)73(40(5)6)41(7)8)60(81)71(18)49(39(3)4)33-51(87-44(11)74)59-69-48(35-89-59)58(80)67-46(30-43(10)61(82)83)31-45-23-24-50(47(32-45)68-53(76)22-21-28-72-54(77)25-26-55(72)78)88-56(79)34-63(12,13)37-86-38-64(14,15)36-66-52(75)27-29-85-20-2/h23-26,32,35,39-43,46,49,51,57H,19-22,27-31,33-34,36-38H2,1-18H3,(H,66,75)(H,67,80)(H,68,76)(H,70,84)(H,82,83)/t42-,43+,46+,49+,51+,57-/m0/s1. The van der Waals surface area contributed by atoms with E-state index in [-0.39, 0.29) is 128 Å². The number of carboxylic acids is 1.